The normalized spacial score (nSPS) is 23.6. The van der Waals surface area contributed by atoms with Gasteiger partial charge in [0.2, 0.25) is 5.91 Å². The number of likely N-dealkylation sites (tertiary alicyclic amines) is 1. The molecule has 0 radical (unpaired) electrons. The van der Waals surface area contributed by atoms with Crippen LogP contribution in [0.5, 0.6) is 5.75 Å². The maximum absolute atomic E-state index is 11.7. The fraction of sp³-hybridized carbons (Fsp3) is 0.536. The number of fused-ring (bicyclic) bond motifs is 1. The molecule has 2 heterocycles. The molecule has 0 spiro atoms. The number of amides is 1. The zero-order valence-corrected chi connectivity index (χ0v) is 21.2. The van der Waals surface area contributed by atoms with E-state index in [0.29, 0.717) is 18.4 Å². The van der Waals surface area contributed by atoms with E-state index in [-0.39, 0.29) is 11.3 Å². The summed E-state index contributed by atoms with van der Waals surface area (Å²) in [5, 5.41) is 3.79. The summed E-state index contributed by atoms with van der Waals surface area (Å²) in [6.07, 6.45) is 7.64. The monoisotopic (exact) mass is 483 g/mol. The Hall–Kier alpha value is -2.08. The molecule has 2 aromatic carbocycles. The molecule has 1 amide bonds. The Morgan fingerprint density at radius 1 is 1.12 bits per heavy atom. The van der Waals surface area contributed by atoms with E-state index in [2.05, 4.69) is 41.1 Å². The SMILES string of the molecule is CC1C(COc2ccc3c(c2)NC(=O)CC3)CCCN1CC1(c2ccc(Cl)cc2)CCC1.CN. The Kier molecular flexibility index (Phi) is 8.18. The number of ether oxygens (including phenoxy) is 1. The van der Waals surface area contributed by atoms with Gasteiger partial charge in [0.15, 0.2) is 0 Å². The fourth-order valence-corrected chi connectivity index (χ4v) is 5.85. The van der Waals surface area contributed by atoms with Gasteiger partial charge in [0, 0.05) is 47.1 Å². The van der Waals surface area contributed by atoms with Crippen molar-refractivity contribution in [3.8, 4) is 5.75 Å². The van der Waals surface area contributed by atoms with Crippen LogP contribution in [0.1, 0.15) is 56.6 Å². The van der Waals surface area contributed by atoms with E-state index < -0.39 is 0 Å². The molecular weight excluding hydrogens is 446 g/mol. The van der Waals surface area contributed by atoms with Crippen molar-refractivity contribution >= 4 is 23.2 Å². The van der Waals surface area contributed by atoms with Crippen LogP contribution in [0.15, 0.2) is 42.5 Å². The van der Waals surface area contributed by atoms with Crippen LogP contribution in [0.4, 0.5) is 5.69 Å². The van der Waals surface area contributed by atoms with Gasteiger partial charge in [-0.3, -0.25) is 9.69 Å². The van der Waals surface area contributed by atoms with Gasteiger partial charge in [-0.05, 0) is 81.9 Å². The highest BCUT2D eigenvalue weighted by atomic mass is 35.5. The number of nitrogens with two attached hydrogens (primary N) is 1. The van der Waals surface area contributed by atoms with Crippen LogP contribution in [-0.2, 0) is 16.6 Å². The second kappa shape index (κ2) is 11.1. The number of hydrogen-bond donors (Lipinski definition) is 2. The summed E-state index contributed by atoms with van der Waals surface area (Å²) in [6, 6.07) is 15.1. The fourth-order valence-electron chi connectivity index (χ4n) is 5.72. The summed E-state index contributed by atoms with van der Waals surface area (Å²) in [5.74, 6) is 1.46. The smallest absolute Gasteiger partial charge is 0.224 e. The summed E-state index contributed by atoms with van der Waals surface area (Å²) in [7, 11) is 1.50. The molecule has 2 unspecified atom stereocenters. The summed E-state index contributed by atoms with van der Waals surface area (Å²) in [5.41, 5.74) is 8.32. The van der Waals surface area contributed by atoms with Crippen molar-refractivity contribution in [1.82, 2.24) is 4.90 Å². The van der Waals surface area contributed by atoms with Crippen LogP contribution in [0.25, 0.3) is 0 Å². The lowest BCUT2D eigenvalue weighted by Crippen LogP contribution is -2.53. The van der Waals surface area contributed by atoms with Crippen molar-refractivity contribution in [1.29, 1.82) is 0 Å². The van der Waals surface area contributed by atoms with Gasteiger partial charge < -0.3 is 15.8 Å². The minimum Gasteiger partial charge on any atom is -0.493 e. The predicted molar refractivity (Wildman–Crippen MR) is 140 cm³/mol. The topological polar surface area (TPSA) is 67.6 Å². The number of carbonyl (C=O) groups is 1. The second-order valence-electron chi connectivity index (χ2n) is 9.93. The van der Waals surface area contributed by atoms with Crippen molar-refractivity contribution in [2.24, 2.45) is 11.7 Å². The van der Waals surface area contributed by atoms with Crippen LogP contribution in [-0.4, -0.2) is 43.6 Å². The van der Waals surface area contributed by atoms with Crippen LogP contribution in [0.2, 0.25) is 5.02 Å². The molecule has 0 aromatic heterocycles. The van der Waals surface area contributed by atoms with Gasteiger partial charge in [0.25, 0.3) is 0 Å². The van der Waals surface area contributed by atoms with Crippen LogP contribution >= 0.6 is 11.6 Å². The van der Waals surface area contributed by atoms with Crippen molar-refractivity contribution in [2.75, 3.05) is 32.1 Å². The number of hydrogen-bond acceptors (Lipinski definition) is 4. The van der Waals surface area contributed by atoms with E-state index in [0.717, 1.165) is 42.6 Å². The van der Waals surface area contributed by atoms with Crippen LogP contribution in [0, 0.1) is 5.92 Å². The molecule has 0 bridgehead atoms. The first-order valence-electron chi connectivity index (χ1n) is 12.7. The third kappa shape index (κ3) is 5.42. The number of halogens is 1. The van der Waals surface area contributed by atoms with Gasteiger partial charge in [-0.2, -0.15) is 0 Å². The molecule has 1 aliphatic carbocycles. The average Bonchev–Trinajstić information content (AvgIpc) is 2.83. The van der Waals surface area contributed by atoms with E-state index in [4.69, 9.17) is 16.3 Å². The number of aryl methyl sites for hydroxylation is 1. The van der Waals surface area contributed by atoms with Crippen molar-refractivity contribution < 1.29 is 9.53 Å². The molecule has 1 saturated carbocycles. The molecular formula is C28H38ClN3O2. The molecule has 34 heavy (non-hydrogen) atoms. The van der Waals surface area contributed by atoms with E-state index in [9.17, 15) is 4.79 Å². The molecule has 2 aliphatic heterocycles. The highest BCUT2D eigenvalue weighted by Gasteiger charge is 2.42. The van der Waals surface area contributed by atoms with Gasteiger partial charge in [0.05, 0.1) is 6.61 Å². The molecule has 3 N–H and O–H groups in total. The predicted octanol–water partition coefficient (Wildman–Crippen LogP) is 5.40. The quantitative estimate of drug-likeness (QED) is 0.577. The summed E-state index contributed by atoms with van der Waals surface area (Å²) < 4.78 is 6.24. The van der Waals surface area contributed by atoms with E-state index in [1.165, 1.54) is 50.3 Å². The van der Waals surface area contributed by atoms with E-state index in [1.807, 2.05) is 24.3 Å². The second-order valence-corrected chi connectivity index (χ2v) is 10.4. The Morgan fingerprint density at radius 3 is 2.59 bits per heavy atom. The van der Waals surface area contributed by atoms with Gasteiger partial charge in [-0.15, -0.1) is 0 Å². The minimum atomic E-state index is 0.0943. The number of nitrogens with zero attached hydrogens (tertiary/aromatic N) is 1. The molecule has 1 saturated heterocycles. The lowest BCUT2D eigenvalue weighted by molar-refractivity contribution is -0.116. The van der Waals surface area contributed by atoms with E-state index >= 15 is 0 Å². The molecule has 5 nitrogen and oxygen atoms in total. The molecule has 184 valence electrons. The third-order valence-corrected chi connectivity index (χ3v) is 8.24. The van der Waals surface area contributed by atoms with Crippen LogP contribution in [0.3, 0.4) is 0 Å². The summed E-state index contributed by atoms with van der Waals surface area (Å²) in [4.78, 5) is 14.4. The number of carbonyl (C=O) groups excluding carboxylic acids is 1. The standard InChI is InChI=1S/C27H33ClN2O2.CH5N/c1-19-21(17-32-24-11-5-20-6-12-26(31)29-25(20)16-24)4-2-15-30(19)18-27(13-3-14-27)22-7-9-23(28)10-8-22;1-2/h5,7-11,16,19,21H,2-4,6,12-15,17-18H2,1H3,(H,29,31);2H2,1H3. The molecule has 2 aromatic rings. The largest absolute Gasteiger partial charge is 0.493 e. The number of nitrogens with one attached hydrogen (secondary N) is 1. The van der Waals surface area contributed by atoms with Crippen molar-refractivity contribution in [2.45, 2.75) is 63.3 Å². The first kappa shape index (κ1) is 25.0. The molecule has 5 rings (SSSR count). The first-order valence-corrected chi connectivity index (χ1v) is 13.0. The first-order chi connectivity index (χ1) is 16.5. The third-order valence-electron chi connectivity index (χ3n) is 7.99. The van der Waals surface area contributed by atoms with Gasteiger partial charge in [-0.25, -0.2) is 0 Å². The molecule has 3 aliphatic rings. The Morgan fingerprint density at radius 2 is 1.88 bits per heavy atom. The maximum atomic E-state index is 11.7. The Bertz CT molecular complexity index is 974. The Labute approximate surface area is 209 Å². The van der Waals surface area contributed by atoms with E-state index in [1.54, 1.807) is 0 Å². The number of benzene rings is 2. The van der Waals surface area contributed by atoms with Gasteiger partial charge in [0.1, 0.15) is 5.75 Å². The molecule has 2 fully saturated rings. The summed E-state index contributed by atoms with van der Waals surface area (Å²) >= 11 is 6.14. The van der Waals surface area contributed by atoms with Crippen LogP contribution < -0.4 is 15.8 Å². The number of piperidine rings is 1. The van der Waals surface area contributed by atoms with Gasteiger partial charge >= 0.3 is 0 Å². The molecule has 2 atom stereocenters. The highest BCUT2D eigenvalue weighted by molar-refractivity contribution is 6.30. The minimum absolute atomic E-state index is 0.0943. The van der Waals surface area contributed by atoms with Crippen molar-refractivity contribution in [3.05, 3.63) is 58.6 Å². The highest BCUT2D eigenvalue weighted by Crippen LogP contribution is 2.45. The lowest BCUT2D eigenvalue weighted by Gasteiger charge is -2.49. The Balaban J connectivity index is 0.00000133. The maximum Gasteiger partial charge on any atom is 0.224 e. The number of rotatable bonds is 6. The molecule has 6 heteroatoms. The zero-order chi connectivity index (χ0) is 24.1. The lowest BCUT2D eigenvalue weighted by atomic mass is 9.63. The number of anilines is 1. The summed E-state index contributed by atoms with van der Waals surface area (Å²) in [6.45, 7) is 5.38. The van der Waals surface area contributed by atoms with Gasteiger partial charge in [-0.1, -0.05) is 36.2 Å². The average molecular weight is 484 g/mol. The van der Waals surface area contributed by atoms with Crippen molar-refractivity contribution in [3.63, 3.8) is 0 Å². The zero-order valence-electron chi connectivity index (χ0n) is 20.5.